The molecule has 0 atom stereocenters. The van der Waals surface area contributed by atoms with Crippen molar-refractivity contribution in [1.82, 2.24) is 4.98 Å². The van der Waals surface area contributed by atoms with E-state index in [1.165, 1.54) is 0 Å². The first kappa shape index (κ1) is 13.4. The molecule has 1 aromatic heterocycles. The Morgan fingerprint density at radius 1 is 1.21 bits per heavy atom. The van der Waals surface area contributed by atoms with E-state index < -0.39 is 6.03 Å². The van der Waals surface area contributed by atoms with Gasteiger partial charge in [0.1, 0.15) is 0 Å². The van der Waals surface area contributed by atoms with Crippen molar-refractivity contribution in [2.45, 2.75) is 6.54 Å². The van der Waals surface area contributed by atoms with Gasteiger partial charge in [0.05, 0.1) is 0 Å². The molecule has 19 heavy (non-hydrogen) atoms. The monoisotopic (exact) mass is 320 g/mol. The predicted octanol–water partition coefficient (Wildman–Crippen LogP) is 2.95. The molecule has 1 heterocycles. The molecule has 0 fully saturated rings. The average Bonchev–Trinajstić information content (AvgIpc) is 2.37. The number of rotatable bonds is 4. The molecule has 0 unspecified atom stereocenters. The number of amides is 2. The number of urea groups is 1. The lowest BCUT2D eigenvalue weighted by molar-refractivity contribution is 0.259. The van der Waals surface area contributed by atoms with Gasteiger partial charge in [0, 0.05) is 34.8 Å². The number of nitrogens with zero attached hydrogens (tertiary/aromatic N) is 1. The second-order valence-corrected chi connectivity index (χ2v) is 4.85. The average molecular weight is 321 g/mol. The molecular formula is C13H13BrN4O. The number of hydrogen-bond donors (Lipinski definition) is 3. The fourth-order valence-corrected chi connectivity index (χ4v) is 1.98. The number of aromatic nitrogens is 1. The lowest BCUT2D eigenvalue weighted by Crippen LogP contribution is -2.19. The molecular weight excluding hydrogens is 308 g/mol. The normalized spacial score (nSPS) is 9.95. The molecule has 1 aromatic carbocycles. The van der Waals surface area contributed by atoms with E-state index in [1.54, 1.807) is 24.5 Å². The number of nitrogens with one attached hydrogen (secondary N) is 2. The van der Waals surface area contributed by atoms with Crippen LogP contribution in [-0.2, 0) is 6.54 Å². The third kappa shape index (κ3) is 4.26. The topological polar surface area (TPSA) is 80.0 Å². The van der Waals surface area contributed by atoms with Crippen LogP contribution < -0.4 is 16.4 Å². The second kappa shape index (κ2) is 6.19. The molecule has 0 spiro atoms. The lowest BCUT2D eigenvalue weighted by atomic mass is 10.2. The molecule has 5 nitrogen and oxygen atoms in total. The van der Waals surface area contributed by atoms with E-state index >= 15 is 0 Å². The van der Waals surface area contributed by atoms with Crippen LogP contribution >= 0.6 is 15.9 Å². The van der Waals surface area contributed by atoms with Crippen molar-refractivity contribution < 1.29 is 4.79 Å². The van der Waals surface area contributed by atoms with Crippen LogP contribution in [0.4, 0.5) is 16.2 Å². The van der Waals surface area contributed by atoms with Crippen LogP contribution in [0.15, 0.2) is 47.2 Å². The molecule has 0 saturated carbocycles. The summed E-state index contributed by atoms with van der Waals surface area (Å²) in [7, 11) is 0. The maximum atomic E-state index is 10.7. The summed E-state index contributed by atoms with van der Waals surface area (Å²) in [6, 6.07) is 8.75. The van der Waals surface area contributed by atoms with E-state index in [-0.39, 0.29) is 0 Å². The number of pyridine rings is 1. The van der Waals surface area contributed by atoms with Gasteiger partial charge in [0.15, 0.2) is 0 Å². The predicted molar refractivity (Wildman–Crippen MR) is 78.9 cm³/mol. The maximum Gasteiger partial charge on any atom is 0.316 e. The lowest BCUT2D eigenvalue weighted by Gasteiger charge is -2.08. The zero-order chi connectivity index (χ0) is 13.7. The van der Waals surface area contributed by atoms with Crippen LogP contribution in [-0.4, -0.2) is 11.0 Å². The quantitative estimate of drug-likeness (QED) is 0.810. The number of halogens is 1. The first-order chi connectivity index (χ1) is 9.13. The van der Waals surface area contributed by atoms with Crippen molar-refractivity contribution in [3.8, 4) is 0 Å². The summed E-state index contributed by atoms with van der Waals surface area (Å²) in [5.74, 6) is 0. The highest BCUT2D eigenvalue weighted by molar-refractivity contribution is 9.10. The Hall–Kier alpha value is -2.08. The third-order valence-electron chi connectivity index (χ3n) is 2.41. The molecule has 2 amide bonds. The second-order valence-electron chi connectivity index (χ2n) is 3.93. The highest BCUT2D eigenvalue weighted by atomic mass is 79.9. The van der Waals surface area contributed by atoms with Gasteiger partial charge in [0.25, 0.3) is 0 Å². The molecule has 0 aliphatic carbocycles. The van der Waals surface area contributed by atoms with Crippen molar-refractivity contribution in [1.29, 1.82) is 0 Å². The van der Waals surface area contributed by atoms with Gasteiger partial charge in [0.2, 0.25) is 0 Å². The highest BCUT2D eigenvalue weighted by Crippen LogP contribution is 2.15. The molecule has 0 aliphatic rings. The standard InChI is InChI=1S/C13H13BrN4O/c14-10-5-9(6-16-8-10)7-17-11-1-3-12(4-2-11)18-13(15)19/h1-6,8,17H,7H2,(H3,15,18,19). The number of hydrogen-bond acceptors (Lipinski definition) is 3. The smallest absolute Gasteiger partial charge is 0.316 e. The Morgan fingerprint density at radius 3 is 2.53 bits per heavy atom. The summed E-state index contributed by atoms with van der Waals surface area (Å²) in [4.78, 5) is 14.8. The van der Waals surface area contributed by atoms with Crippen LogP contribution in [0.5, 0.6) is 0 Å². The van der Waals surface area contributed by atoms with E-state index in [1.807, 2.05) is 18.2 Å². The van der Waals surface area contributed by atoms with Gasteiger partial charge in [-0.2, -0.15) is 0 Å². The molecule has 2 aromatic rings. The van der Waals surface area contributed by atoms with E-state index in [0.29, 0.717) is 12.2 Å². The minimum Gasteiger partial charge on any atom is -0.381 e. The van der Waals surface area contributed by atoms with E-state index in [0.717, 1.165) is 15.7 Å². The number of nitrogens with two attached hydrogens (primary N) is 1. The van der Waals surface area contributed by atoms with Crippen LogP contribution in [0, 0.1) is 0 Å². The van der Waals surface area contributed by atoms with E-state index in [4.69, 9.17) is 5.73 Å². The van der Waals surface area contributed by atoms with Gasteiger partial charge >= 0.3 is 6.03 Å². The minimum absolute atomic E-state index is 0.569. The van der Waals surface area contributed by atoms with Gasteiger partial charge in [-0.05, 0) is 51.8 Å². The number of carbonyl (C=O) groups excluding carboxylic acids is 1. The Labute approximate surface area is 119 Å². The fourth-order valence-electron chi connectivity index (χ4n) is 1.57. The summed E-state index contributed by atoms with van der Waals surface area (Å²) in [5, 5.41) is 5.77. The van der Waals surface area contributed by atoms with Gasteiger partial charge in [-0.15, -0.1) is 0 Å². The largest absolute Gasteiger partial charge is 0.381 e. The number of carbonyl (C=O) groups is 1. The summed E-state index contributed by atoms with van der Waals surface area (Å²) in [6.45, 7) is 0.676. The van der Waals surface area contributed by atoms with Gasteiger partial charge < -0.3 is 16.4 Å². The van der Waals surface area contributed by atoms with Crippen LogP contribution in [0.1, 0.15) is 5.56 Å². The molecule has 98 valence electrons. The highest BCUT2D eigenvalue weighted by Gasteiger charge is 1.98. The van der Waals surface area contributed by atoms with Gasteiger partial charge in [-0.25, -0.2) is 4.79 Å². The maximum absolute atomic E-state index is 10.7. The summed E-state index contributed by atoms with van der Waals surface area (Å²) >= 11 is 3.38. The molecule has 2 rings (SSSR count). The summed E-state index contributed by atoms with van der Waals surface area (Å²) < 4.78 is 0.952. The summed E-state index contributed by atoms with van der Waals surface area (Å²) in [6.07, 6.45) is 3.55. The number of anilines is 2. The van der Waals surface area contributed by atoms with E-state index in [9.17, 15) is 4.79 Å². The molecule has 0 bridgehead atoms. The Balaban J connectivity index is 1.94. The summed E-state index contributed by atoms with van der Waals surface area (Å²) in [5.41, 5.74) is 7.73. The van der Waals surface area contributed by atoms with Crippen molar-refractivity contribution >= 4 is 33.3 Å². The first-order valence-corrected chi connectivity index (χ1v) is 6.42. The molecule has 6 heteroatoms. The van der Waals surface area contributed by atoms with E-state index in [2.05, 4.69) is 31.5 Å². The third-order valence-corrected chi connectivity index (χ3v) is 2.84. The fraction of sp³-hybridized carbons (Fsp3) is 0.0769. The number of primary amides is 1. The number of benzene rings is 1. The van der Waals surface area contributed by atoms with Crippen LogP contribution in [0.3, 0.4) is 0 Å². The Morgan fingerprint density at radius 2 is 1.89 bits per heavy atom. The molecule has 0 radical (unpaired) electrons. The van der Waals surface area contributed by atoms with Crippen LogP contribution in [0.2, 0.25) is 0 Å². The Kier molecular flexibility index (Phi) is 4.35. The van der Waals surface area contributed by atoms with Crippen molar-refractivity contribution in [3.05, 3.63) is 52.8 Å². The SMILES string of the molecule is NC(=O)Nc1ccc(NCc2cncc(Br)c2)cc1. The zero-order valence-electron chi connectivity index (χ0n) is 10.1. The zero-order valence-corrected chi connectivity index (χ0v) is 11.6. The van der Waals surface area contributed by atoms with Crippen molar-refractivity contribution in [2.75, 3.05) is 10.6 Å². The van der Waals surface area contributed by atoms with Crippen molar-refractivity contribution in [2.24, 2.45) is 5.73 Å². The molecule has 0 saturated heterocycles. The van der Waals surface area contributed by atoms with Crippen molar-refractivity contribution in [3.63, 3.8) is 0 Å². The molecule has 4 N–H and O–H groups in total. The first-order valence-electron chi connectivity index (χ1n) is 5.63. The van der Waals surface area contributed by atoms with Gasteiger partial charge in [-0.1, -0.05) is 0 Å². The molecule has 0 aliphatic heterocycles. The minimum atomic E-state index is -0.569. The van der Waals surface area contributed by atoms with Gasteiger partial charge in [-0.3, -0.25) is 4.98 Å². The van der Waals surface area contributed by atoms with Crippen LogP contribution in [0.25, 0.3) is 0 Å². The Bertz CT molecular complexity index is 571.